The van der Waals surface area contributed by atoms with Gasteiger partial charge in [0.15, 0.2) is 5.82 Å². The summed E-state index contributed by atoms with van der Waals surface area (Å²) in [5.41, 5.74) is 6.17. The average Bonchev–Trinajstić information content (AvgIpc) is 3.51. The predicted octanol–water partition coefficient (Wildman–Crippen LogP) is 5.67. The van der Waals surface area contributed by atoms with Gasteiger partial charge in [-0.2, -0.15) is 5.21 Å². The van der Waals surface area contributed by atoms with Crippen molar-refractivity contribution in [3.05, 3.63) is 113 Å². The maximum absolute atomic E-state index is 13.6. The first-order valence-electron chi connectivity index (χ1n) is 13.9. The number of esters is 1. The van der Waals surface area contributed by atoms with Crippen molar-refractivity contribution in [3.8, 4) is 11.1 Å². The second-order valence-corrected chi connectivity index (χ2v) is 10.2. The lowest BCUT2D eigenvalue weighted by atomic mass is 9.92. The summed E-state index contributed by atoms with van der Waals surface area (Å²) in [5, 5.41) is 17.1. The van der Waals surface area contributed by atoms with E-state index in [2.05, 4.69) is 45.0 Å². The molecule has 9 heteroatoms. The number of urea groups is 1. The van der Waals surface area contributed by atoms with Crippen molar-refractivity contribution in [2.24, 2.45) is 0 Å². The van der Waals surface area contributed by atoms with Crippen molar-refractivity contribution in [1.82, 2.24) is 30.8 Å². The van der Waals surface area contributed by atoms with Gasteiger partial charge in [-0.3, -0.25) is 4.90 Å². The Balaban J connectivity index is 1.36. The summed E-state index contributed by atoms with van der Waals surface area (Å²) < 4.78 is 5.77. The van der Waals surface area contributed by atoms with E-state index in [0.29, 0.717) is 23.6 Å². The number of ether oxygens (including phenoxy) is 1. The zero-order valence-electron chi connectivity index (χ0n) is 23.3. The lowest BCUT2D eigenvalue weighted by Crippen LogP contribution is -2.48. The maximum atomic E-state index is 13.6. The van der Waals surface area contributed by atoms with Gasteiger partial charge in [0.05, 0.1) is 11.6 Å². The fourth-order valence-electron chi connectivity index (χ4n) is 5.14. The highest BCUT2D eigenvalue weighted by Crippen LogP contribution is 2.33. The maximum Gasteiger partial charge on any atom is 0.338 e. The van der Waals surface area contributed by atoms with E-state index in [1.54, 1.807) is 4.90 Å². The number of tetrazole rings is 1. The van der Waals surface area contributed by atoms with Crippen LogP contribution in [-0.2, 0) is 22.6 Å². The van der Waals surface area contributed by atoms with E-state index in [0.717, 1.165) is 47.9 Å². The summed E-state index contributed by atoms with van der Waals surface area (Å²) in [7, 11) is 0. The molecule has 0 aliphatic carbocycles. The highest BCUT2D eigenvalue weighted by Gasteiger charge is 2.36. The number of hydrogen-bond acceptors (Lipinski definition) is 6. The second-order valence-electron chi connectivity index (χ2n) is 10.2. The molecule has 0 saturated heterocycles. The summed E-state index contributed by atoms with van der Waals surface area (Å²) in [6.45, 7) is 4.54. The van der Waals surface area contributed by atoms with E-state index >= 15 is 0 Å². The summed E-state index contributed by atoms with van der Waals surface area (Å²) in [6, 6.07) is 24.9. The minimum atomic E-state index is -0.619. The van der Waals surface area contributed by atoms with Crippen LogP contribution in [0.2, 0.25) is 0 Å². The van der Waals surface area contributed by atoms with Gasteiger partial charge in [-0.25, -0.2) is 9.59 Å². The van der Waals surface area contributed by atoms with E-state index < -0.39 is 12.0 Å². The van der Waals surface area contributed by atoms with E-state index in [1.165, 1.54) is 5.56 Å². The molecule has 1 aromatic heterocycles. The molecule has 0 saturated carbocycles. The summed E-state index contributed by atoms with van der Waals surface area (Å²) in [4.78, 5) is 28.5. The van der Waals surface area contributed by atoms with Crippen LogP contribution in [0.25, 0.3) is 11.1 Å². The fraction of sp³-hybridized carbons (Fsp3) is 0.281. The number of hydrogen-bond donors (Lipinski definition) is 2. The average molecular weight is 551 g/mol. The van der Waals surface area contributed by atoms with E-state index in [4.69, 9.17) is 4.74 Å². The van der Waals surface area contributed by atoms with Crippen molar-refractivity contribution in [1.29, 1.82) is 0 Å². The first kappa shape index (κ1) is 27.8. The Morgan fingerprint density at radius 2 is 1.68 bits per heavy atom. The highest BCUT2D eigenvalue weighted by molar-refractivity contribution is 5.95. The van der Waals surface area contributed by atoms with Crippen LogP contribution in [0.1, 0.15) is 54.7 Å². The van der Waals surface area contributed by atoms with Crippen molar-refractivity contribution < 1.29 is 14.3 Å². The SMILES string of the molecule is CC1=C(C(=O)OCc2ccccc2)C(c2ccc(-c3ccccc3C)cc2)NC(=O)N1CCCCCc1nn[nH]n1. The number of carbonyl (C=O) groups is 2. The number of aromatic amines is 1. The number of H-pyrrole nitrogens is 1. The zero-order chi connectivity index (χ0) is 28.6. The van der Waals surface area contributed by atoms with Gasteiger partial charge in [0, 0.05) is 18.7 Å². The molecule has 9 nitrogen and oxygen atoms in total. The second kappa shape index (κ2) is 13.0. The first-order chi connectivity index (χ1) is 20.0. The van der Waals surface area contributed by atoms with E-state index in [9.17, 15) is 9.59 Å². The number of amides is 2. The molecule has 5 rings (SSSR count). The molecule has 1 aliphatic heterocycles. The summed E-state index contributed by atoms with van der Waals surface area (Å²) in [6.07, 6.45) is 3.24. The van der Waals surface area contributed by atoms with Gasteiger partial charge < -0.3 is 10.1 Å². The van der Waals surface area contributed by atoms with Gasteiger partial charge in [0.25, 0.3) is 0 Å². The normalized spacial score (nSPS) is 15.1. The molecule has 2 heterocycles. The molecule has 0 bridgehead atoms. The molecule has 210 valence electrons. The number of allylic oxidation sites excluding steroid dienone is 1. The minimum absolute atomic E-state index is 0.152. The van der Waals surface area contributed by atoms with Crippen LogP contribution in [0.5, 0.6) is 0 Å². The molecule has 0 radical (unpaired) electrons. The highest BCUT2D eigenvalue weighted by atomic mass is 16.5. The van der Waals surface area contributed by atoms with Crippen LogP contribution in [0.4, 0.5) is 4.79 Å². The van der Waals surface area contributed by atoms with Crippen LogP contribution in [0, 0.1) is 6.92 Å². The molecule has 1 atom stereocenters. The topological polar surface area (TPSA) is 113 Å². The molecule has 4 aromatic rings. The van der Waals surface area contributed by atoms with Gasteiger partial charge in [-0.1, -0.05) is 90.5 Å². The minimum Gasteiger partial charge on any atom is -0.457 e. The van der Waals surface area contributed by atoms with Crippen LogP contribution < -0.4 is 5.32 Å². The number of aromatic nitrogens is 4. The van der Waals surface area contributed by atoms with Gasteiger partial charge in [0.1, 0.15) is 6.61 Å². The Hall–Kier alpha value is -4.79. The number of benzene rings is 3. The molecule has 0 fully saturated rings. The lowest BCUT2D eigenvalue weighted by Gasteiger charge is -2.35. The Kier molecular flexibility index (Phi) is 8.83. The Bertz CT molecular complexity index is 1500. The van der Waals surface area contributed by atoms with Gasteiger partial charge in [-0.15, -0.1) is 10.2 Å². The number of carbonyl (C=O) groups excluding carboxylic acids is 2. The van der Waals surface area contributed by atoms with Crippen LogP contribution in [-0.4, -0.2) is 44.1 Å². The zero-order valence-corrected chi connectivity index (χ0v) is 23.3. The molecule has 1 unspecified atom stereocenters. The van der Waals surface area contributed by atoms with Gasteiger partial charge in [-0.05, 0) is 54.5 Å². The van der Waals surface area contributed by atoms with Crippen molar-refractivity contribution >= 4 is 12.0 Å². The third-order valence-electron chi connectivity index (χ3n) is 7.40. The fourth-order valence-corrected chi connectivity index (χ4v) is 5.14. The Labute approximate surface area is 239 Å². The molecule has 1 aliphatic rings. The molecule has 2 N–H and O–H groups in total. The van der Waals surface area contributed by atoms with E-state index in [-0.39, 0.29) is 12.6 Å². The number of unbranched alkanes of at least 4 members (excludes halogenated alkanes) is 2. The van der Waals surface area contributed by atoms with Crippen molar-refractivity contribution in [2.45, 2.75) is 52.2 Å². The molecule has 3 aromatic carbocycles. The number of nitrogens with zero attached hydrogens (tertiary/aromatic N) is 4. The van der Waals surface area contributed by atoms with Crippen LogP contribution >= 0.6 is 0 Å². The molecular weight excluding hydrogens is 516 g/mol. The number of aryl methyl sites for hydroxylation is 2. The van der Waals surface area contributed by atoms with Gasteiger partial charge in [0.2, 0.25) is 0 Å². The third-order valence-corrected chi connectivity index (χ3v) is 7.40. The molecule has 41 heavy (non-hydrogen) atoms. The lowest BCUT2D eigenvalue weighted by molar-refractivity contribution is -0.141. The largest absolute Gasteiger partial charge is 0.457 e. The monoisotopic (exact) mass is 550 g/mol. The molecular formula is C32H34N6O3. The van der Waals surface area contributed by atoms with Gasteiger partial charge >= 0.3 is 12.0 Å². The van der Waals surface area contributed by atoms with Crippen LogP contribution in [0.15, 0.2) is 90.1 Å². The number of rotatable bonds is 11. The molecule has 0 spiro atoms. The Morgan fingerprint density at radius 1 is 0.927 bits per heavy atom. The smallest absolute Gasteiger partial charge is 0.338 e. The molecule has 2 amide bonds. The van der Waals surface area contributed by atoms with Crippen molar-refractivity contribution in [3.63, 3.8) is 0 Å². The summed E-state index contributed by atoms with van der Waals surface area (Å²) >= 11 is 0. The summed E-state index contributed by atoms with van der Waals surface area (Å²) in [5.74, 6) is 0.234. The Morgan fingerprint density at radius 3 is 2.41 bits per heavy atom. The quantitative estimate of drug-likeness (QED) is 0.184. The van der Waals surface area contributed by atoms with Crippen LogP contribution in [0.3, 0.4) is 0 Å². The predicted molar refractivity (Wildman–Crippen MR) is 155 cm³/mol. The first-order valence-corrected chi connectivity index (χ1v) is 13.9. The van der Waals surface area contributed by atoms with Crippen molar-refractivity contribution in [2.75, 3.05) is 6.54 Å². The standard InChI is InChI=1S/C32H34N6O3/c1-22-11-8-9-14-27(22)25-16-18-26(19-17-25)30-29(31(39)41-21-24-12-5-3-6-13-24)23(2)38(32(40)33-30)20-10-4-7-15-28-34-36-37-35-28/h3,5-6,8-9,11-14,16-19,30H,4,7,10,15,20-21H2,1-2H3,(H,33,40)(H,34,35,36,37). The van der Waals surface area contributed by atoms with E-state index in [1.807, 2.05) is 73.7 Å². The number of nitrogens with one attached hydrogen (secondary N) is 2. The third kappa shape index (κ3) is 6.69.